The molecule has 0 saturated carbocycles. The Kier molecular flexibility index (Phi) is 5.65. The van der Waals surface area contributed by atoms with Crippen LogP contribution in [0.4, 0.5) is 0 Å². The normalized spacial score (nSPS) is 18.5. The van der Waals surface area contributed by atoms with E-state index in [0.717, 1.165) is 26.1 Å². The lowest BCUT2D eigenvalue weighted by molar-refractivity contribution is 0.146. The Labute approximate surface area is 129 Å². The first-order valence-electron chi connectivity index (χ1n) is 8.18. The van der Waals surface area contributed by atoms with E-state index >= 15 is 0 Å². The van der Waals surface area contributed by atoms with E-state index in [-0.39, 0.29) is 0 Å². The number of hydrogen-bond donors (Lipinski definition) is 1. The lowest BCUT2D eigenvalue weighted by atomic mass is 9.86. The summed E-state index contributed by atoms with van der Waals surface area (Å²) in [6, 6.07) is 6.38. The Hall–Kier alpha value is -1.06. The molecule has 0 aromatic heterocycles. The van der Waals surface area contributed by atoms with E-state index in [1.54, 1.807) is 0 Å². The van der Waals surface area contributed by atoms with Crippen LogP contribution in [-0.2, 0) is 6.42 Å². The molecule has 21 heavy (non-hydrogen) atoms. The van der Waals surface area contributed by atoms with Gasteiger partial charge in [0, 0.05) is 25.7 Å². The number of fused-ring (bicyclic) bond motifs is 1. The van der Waals surface area contributed by atoms with Gasteiger partial charge in [-0.3, -0.25) is 4.90 Å². The van der Waals surface area contributed by atoms with Crippen molar-refractivity contribution < 1.29 is 5.11 Å². The minimum Gasteiger partial charge on any atom is -0.508 e. The van der Waals surface area contributed by atoms with Crippen LogP contribution in [0.3, 0.4) is 0 Å². The fourth-order valence-corrected chi connectivity index (χ4v) is 3.31. The van der Waals surface area contributed by atoms with E-state index in [2.05, 4.69) is 43.8 Å². The minimum absolute atomic E-state index is 0.401. The summed E-state index contributed by atoms with van der Waals surface area (Å²) in [6.45, 7) is 7.86. The molecular weight excluding hydrogens is 260 g/mol. The summed E-state index contributed by atoms with van der Waals surface area (Å²) >= 11 is 0. The predicted molar refractivity (Wildman–Crippen MR) is 88.8 cm³/mol. The summed E-state index contributed by atoms with van der Waals surface area (Å²) < 4.78 is 0. The van der Waals surface area contributed by atoms with Gasteiger partial charge in [0.2, 0.25) is 0 Å². The molecule has 0 saturated heterocycles. The molecule has 2 rings (SSSR count). The van der Waals surface area contributed by atoms with E-state index in [1.165, 1.54) is 24.0 Å². The molecule has 1 atom stereocenters. The first kappa shape index (κ1) is 16.3. The highest BCUT2D eigenvalue weighted by Crippen LogP contribution is 2.36. The average Bonchev–Trinajstić information content (AvgIpc) is 2.42. The van der Waals surface area contributed by atoms with Gasteiger partial charge in [-0.15, -0.1) is 0 Å². The van der Waals surface area contributed by atoms with Gasteiger partial charge in [-0.1, -0.05) is 19.9 Å². The maximum absolute atomic E-state index is 9.86. The Morgan fingerprint density at radius 1 is 1.24 bits per heavy atom. The number of hydrogen-bond acceptors (Lipinski definition) is 3. The molecule has 0 fully saturated rings. The molecule has 1 unspecified atom stereocenters. The van der Waals surface area contributed by atoms with E-state index in [9.17, 15) is 5.11 Å². The zero-order valence-corrected chi connectivity index (χ0v) is 14.0. The Morgan fingerprint density at radius 2 is 2.00 bits per heavy atom. The highest BCUT2D eigenvalue weighted by molar-refractivity contribution is 5.38. The highest BCUT2D eigenvalue weighted by atomic mass is 16.3. The van der Waals surface area contributed by atoms with Crippen molar-refractivity contribution in [3.8, 4) is 5.75 Å². The Morgan fingerprint density at radius 3 is 2.67 bits per heavy atom. The first-order chi connectivity index (χ1) is 9.97. The smallest absolute Gasteiger partial charge is 0.115 e. The highest BCUT2D eigenvalue weighted by Gasteiger charge is 2.26. The minimum atomic E-state index is 0.401. The molecule has 118 valence electrons. The van der Waals surface area contributed by atoms with Gasteiger partial charge in [0.1, 0.15) is 5.75 Å². The molecule has 0 spiro atoms. The maximum Gasteiger partial charge on any atom is 0.115 e. The number of aryl methyl sites for hydroxylation is 1. The van der Waals surface area contributed by atoms with Gasteiger partial charge in [0.05, 0.1) is 0 Å². The van der Waals surface area contributed by atoms with Crippen LogP contribution in [0.15, 0.2) is 18.2 Å². The van der Waals surface area contributed by atoms with Crippen LogP contribution in [0.5, 0.6) is 5.75 Å². The van der Waals surface area contributed by atoms with E-state index in [1.807, 2.05) is 12.1 Å². The molecule has 1 aliphatic carbocycles. The fraction of sp³-hybridized carbons (Fsp3) is 0.667. The van der Waals surface area contributed by atoms with Crippen molar-refractivity contribution in [2.75, 3.05) is 33.7 Å². The number of aromatic hydroxyl groups is 1. The van der Waals surface area contributed by atoms with Crippen LogP contribution >= 0.6 is 0 Å². The third-order valence-electron chi connectivity index (χ3n) is 4.29. The van der Waals surface area contributed by atoms with Gasteiger partial charge in [0.25, 0.3) is 0 Å². The molecule has 0 heterocycles. The monoisotopic (exact) mass is 290 g/mol. The summed E-state index contributed by atoms with van der Waals surface area (Å²) in [5.74, 6) is 1.06. The van der Waals surface area contributed by atoms with E-state index in [0.29, 0.717) is 17.7 Å². The molecule has 1 N–H and O–H groups in total. The SMILES string of the molecule is CC(C)CN(CCN(C)C)C1CCCc2ccc(O)cc21. The Balaban J connectivity index is 2.21. The van der Waals surface area contributed by atoms with Crippen molar-refractivity contribution in [1.29, 1.82) is 0 Å². The topological polar surface area (TPSA) is 26.7 Å². The molecule has 0 aliphatic heterocycles. The van der Waals surface area contributed by atoms with Gasteiger partial charge in [-0.05, 0) is 62.5 Å². The van der Waals surface area contributed by atoms with Crippen molar-refractivity contribution in [1.82, 2.24) is 9.80 Å². The summed E-state index contributed by atoms with van der Waals surface area (Å²) in [6.07, 6.45) is 3.60. The van der Waals surface area contributed by atoms with Gasteiger partial charge < -0.3 is 10.0 Å². The van der Waals surface area contributed by atoms with Crippen LogP contribution < -0.4 is 0 Å². The van der Waals surface area contributed by atoms with Crippen LogP contribution in [0, 0.1) is 5.92 Å². The third-order valence-corrected chi connectivity index (χ3v) is 4.29. The molecule has 3 nitrogen and oxygen atoms in total. The van der Waals surface area contributed by atoms with E-state index in [4.69, 9.17) is 0 Å². The second kappa shape index (κ2) is 7.28. The zero-order chi connectivity index (χ0) is 15.4. The zero-order valence-electron chi connectivity index (χ0n) is 14.0. The van der Waals surface area contributed by atoms with Crippen molar-refractivity contribution in [2.45, 2.75) is 39.2 Å². The summed E-state index contributed by atoms with van der Waals surface area (Å²) in [7, 11) is 4.27. The van der Waals surface area contributed by atoms with Gasteiger partial charge in [-0.25, -0.2) is 0 Å². The lowest BCUT2D eigenvalue weighted by Crippen LogP contribution is -2.38. The standard InChI is InChI=1S/C18H30N2O/c1-14(2)13-20(11-10-19(3)4)18-7-5-6-15-8-9-16(21)12-17(15)18/h8-9,12,14,18,21H,5-7,10-11,13H2,1-4H3. The molecule has 1 aromatic carbocycles. The number of benzene rings is 1. The van der Waals surface area contributed by atoms with Gasteiger partial charge in [0.15, 0.2) is 0 Å². The number of phenols is 1. The largest absolute Gasteiger partial charge is 0.508 e. The van der Waals surface area contributed by atoms with Crippen LogP contribution in [-0.4, -0.2) is 48.6 Å². The number of nitrogens with zero attached hydrogens (tertiary/aromatic N) is 2. The number of likely N-dealkylation sites (N-methyl/N-ethyl adjacent to an activating group) is 1. The third kappa shape index (κ3) is 4.45. The van der Waals surface area contributed by atoms with E-state index < -0.39 is 0 Å². The number of rotatable bonds is 6. The molecule has 3 heteroatoms. The molecule has 1 aliphatic rings. The van der Waals surface area contributed by atoms with Crippen molar-refractivity contribution in [3.63, 3.8) is 0 Å². The molecule has 0 amide bonds. The molecule has 0 radical (unpaired) electrons. The Bertz CT molecular complexity index is 457. The molecular formula is C18H30N2O. The van der Waals surface area contributed by atoms with Gasteiger partial charge >= 0.3 is 0 Å². The van der Waals surface area contributed by atoms with Crippen LogP contribution in [0.1, 0.15) is 43.9 Å². The van der Waals surface area contributed by atoms with Crippen LogP contribution in [0.25, 0.3) is 0 Å². The molecule has 0 bridgehead atoms. The predicted octanol–water partition coefficient (Wildman–Crippen LogP) is 3.29. The summed E-state index contributed by atoms with van der Waals surface area (Å²) in [5.41, 5.74) is 2.77. The van der Waals surface area contributed by atoms with Crippen molar-refractivity contribution in [3.05, 3.63) is 29.3 Å². The van der Waals surface area contributed by atoms with Crippen LogP contribution in [0.2, 0.25) is 0 Å². The van der Waals surface area contributed by atoms with Crippen molar-refractivity contribution >= 4 is 0 Å². The second-order valence-corrected chi connectivity index (χ2v) is 6.98. The first-order valence-corrected chi connectivity index (χ1v) is 8.18. The van der Waals surface area contributed by atoms with Gasteiger partial charge in [-0.2, -0.15) is 0 Å². The quantitative estimate of drug-likeness (QED) is 0.871. The van der Waals surface area contributed by atoms with Crippen molar-refractivity contribution in [2.24, 2.45) is 5.92 Å². The lowest BCUT2D eigenvalue weighted by Gasteiger charge is -2.37. The fourth-order valence-electron chi connectivity index (χ4n) is 3.31. The second-order valence-electron chi connectivity index (χ2n) is 6.98. The molecule has 1 aromatic rings. The number of phenolic OH excluding ortho intramolecular Hbond substituents is 1. The maximum atomic E-state index is 9.86. The summed E-state index contributed by atoms with van der Waals surface area (Å²) in [5, 5.41) is 9.86. The average molecular weight is 290 g/mol. The summed E-state index contributed by atoms with van der Waals surface area (Å²) in [4.78, 5) is 4.86.